The van der Waals surface area contributed by atoms with Crippen molar-refractivity contribution in [3.8, 4) is 5.75 Å². The van der Waals surface area contributed by atoms with E-state index in [0.717, 1.165) is 0 Å². The van der Waals surface area contributed by atoms with E-state index in [2.05, 4.69) is 15.5 Å². The fourth-order valence-corrected chi connectivity index (χ4v) is 3.00. The number of anilines is 1. The summed E-state index contributed by atoms with van der Waals surface area (Å²) in [5.41, 5.74) is 0.752. The smallest absolute Gasteiger partial charge is 0.277 e. The van der Waals surface area contributed by atoms with E-state index in [9.17, 15) is 9.59 Å². The summed E-state index contributed by atoms with van der Waals surface area (Å²) >= 11 is 1.21. The molecule has 1 aliphatic heterocycles. The van der Waals surface area contributed by atoms with Gasteiger partial charge in [-0.1, -0.05) is 32.5 Å². The number of thioether (sulfide) groups is 1. The van der Waals surface area contributed by atoms with Crippen LogP contribution in [0.1, 0.15) is 43.9 Å². The molecule has 0 fully saturated rings. The van der Waals surface area contributed by atoms with Gasteiger partial charge in [-0.3, -0.25) is 9.59 Å². The average Bonchev–Trinajstić information content (AvgIpc) is 3.02. The van der Waals surface area contributed by atoms with Gasteiger partial charge in [0, 0.05) is 11.0 Å². The molecule has 0 bridgehead atoms. The van der Waals surface area contributed by atoms with Crippen molar-refractivity contribution in [1.29, 1.82) is 0 Å². The molecule has 1 amide bonds. The largest absolute Gasteiger partial charge is 0.482 e. The summed E-state index contributed by atoms with van der Waals surface area (Å²) < 4.78 is 10.9. The number of hydrogen-bond acceptors (Lipinski definition) is 7. The number of aromatic nitrogens is 2. The first-order valence-corrected chi connectivity index (χ1v) is 8.73. The minimum Gasteiger partial charge on any atom is -0.482 e. The highest BCUT2D eigenvalue weighted by molar-refractivity contribution is 8.00. The number of rotatable bonds is 4. The number of benzene rings is 1. The van der Waals surface area contributed by atoms with Gasteiger partial charge in [0.1, 0.15) is 5.75 Å². The maximum Gasteiger partial charge on any atom is 0.277 e. The monoisotopic (exact) mass is 361 g/mol. The van der Waals surface area contributed by atoms with Gasteiger partial charge in [-0.25, -0.2) is 0 Å². The number of nitrogens with one attached hydrogen (secondary N) is 1. The molecule has 1 aliphatic rings. The van der Waals surface area contributed by atoms with E-state index >= 15 is 0 Å². The highest BCUT2D eigenvalue weighted by Crippen LogP contribution is 2.32. The second-order valence-corrected chi connectivity index (χ2v) is 8.09. The Balaban J connectivity index is 1.73. The van der Waals surface area contributed by atoms with Crippen LogP contribution in [0, 0.1) is 0 Å². The lowest BCUT2D eigenvalue weighted by atomic mass is 9.97. The summed E-state index contributed by atoms with van der Waals surface area (Å²) in [6.07, 6.45) is 0. The molecule has 0 unspecified atom stereocenters. The van der Waals surface area contributed by atoms with Gasteiger partial charge in [-0.15, -0.1) is 10.2 Å². The first-order valence-electron chi connectivity index (χ1n) is 7.85. The van der Waals surface area contributed by atoms with Gasteiger partial charge >= 0.3 is 0 Å². The van der Waals surface area contributed by atoms with E-state index in [4.69, 9.17) is 9.15 Å². The molecule has 2 aromatic rings. The van der Waals surface area contributed by atoms with Gasteiger partial charge < -0.3 is 14.5 Å². The fraction of sp³-hybridized carbons (Fsp3) is 0.412. The molecule has 0 spiro atoms. The third kappa shape index (κ3) is 3.84. The molecule has 7 nitrogen and oxygen atoms in total. The van der Waals surface area contributed by atoms with Crippen molar-refractivity contribution in [3.05, 3.63) is 29.7 Å². The lowest BCUT2D eigenvalue weighted by Gasteiger charge is -2.18. The van der Waals surface area contributed by atoms with Crippen LogP contribution in [-0.4, -0.2) is 33.7 Å². The third-order valence-corrected chi connectivity index (χ3v) is 4.53. The molecule has 1 aromatic carbocycles. The molecular formula is C17H19N3O4S. The predicted molar refractivity (Wildman–Crippen MR) is 93.2 cm³/mol. The van der Waals surface area contributed by atoms with Crippen LogP contribution in [0.4, 0.5) is 5.69 Å². The van der Waals surface area contributed by atoms with E-state index in [0.29, 0.717) is 28.1 Å². The van der Waals surface area contributed by atoms with Crippen LogP contribution in [0.5, 0.6) is 5.75 Å². The molecule has 0 saturated carbocycles. The summed E-state index contributed by atoms with van der Waals surface area (Å²) in [7, 11) is 0. The summed E-state index contributed by atoms with van der Waals surface area (Å²) in [6, 6.07) is 4.99. The van der Waals surface area contributed by atoms with Crippen LogP contribution in [-0.2, 0) is 10.2 Å². The Labute approximate surface area is 149 Å². The Morgan fingerprint density at radius 1 is 1.32 bits per heavy atom. The lowest BCUT2D eigenvalue weighted by Crippen LogP contribution is -2.25. The molecule has 0 radical (unpaired) electrons. The topological polar surface area (TPSA) is 94.3 Å². The summed E-state index contributed by atoms with van der Waals surface area (Å²) in [5, 5.41) is 10.7. The average molecular weight is 361 g/mol. The summed E-state index contributed by atoms with van der Waals surface area (Å²) in [5.74, 6) is 0.759. The van der Waals surface area contributed by atoms with E-state index in [1.165, 1.54) is 11.8 Å². The highest BCUT2D eigenvalue weighted by atomic mass is 32.2. The minimum atomic E-state index is -0.411. The van der Waals surface area contributed by atoms with Crippen molar-refractivity contribution in [2.75, 3.05) is 11.9 Å². The standard InChI is InChI=1S/C17H19N3O4S/c1-9(25-16-20-19-15(24-16)17(2,3)4)14(22)10-5-6-12-11(7-10)18-13(21)8-23-12/h5-7,9H,8H2,1-4H3,(H,18,21)/t9-/m0/s1. The van der Waals surface area contributed by atoms with E-state index in [-0.39, 0.29) is 23.7 Å². The van der Waals surface area contributed by atoms with Crippen LogP contribution in [0.25, 0.3) is 0 Å². The quantitative estimate of drug-likeness (QED) is 0.660. The first-order chi connectivity index (χ1) is 11.7. The number of nitrogens with zero attached hydrogens (tertiary/aromatic N) is 2. The Hall–Kier alpha value is -2.35. The molecule has 1 atom stereocenters. The fourth-order valence-electron chi connectivity index (χ4n) is 2.24. The van der Waals surface area contributed by atoms with Crippen molar-refractivity contribution >= 4 is 29.1 Å². The minimum absolute atomic E-state index is 0.0141. The number of fused-ring (bicyclic) bond motifs is 1. The number of amides is 1. The van der Waals surface area contributed by atoms with E-state index < -0.39 is 5.25 Å². The van der Waals surface area contributed by atoms with Crippen LogP contribution in [0.2, 0.25) is 0 Å². The maximum atomic E-state index is 12.7. The molecule has 8 heteroatoms. The Bertz CT molecular complexity index is 826. The van der Waals surface area contributed by atoms with Crippen molar-refractivity contribution in [3.63, 3.8) is 0 Å². The zero-order valence-corrected chi connectivity index (χ0v) is 15.3. The van der Waals surface area contributed by atoms with E-state index in [1.54, 1.807) is 25.1 Å². The van der Waals surface area contributed by atoms with Gasteiger partial charge in [-0.2, -0.15) is 0 Å². The molecule has 25 heavy (non-hydrogen) atoms. The molecule has 132 valence electrons. The Morgan fingerprint density at radius 2 is 2.08 bits per heavy atom. The van der Waals surface area contributed by atoms with Crippen molar-refractivity contribution in [1.82, 2.24) is 10.2 Å². The zero-order valence-electron chi connectivity index (χ0n) is 14.5. The van der Waals surface area contributed by atoms with Crippen molar-refractivity contribution in [2.24, 2.45) is 0 Å². The van der Waals surface area contributed by atoms with Crippen LogP contribution >= 0.6 is 11.8 Å². The molecule has 0 aliphatic carbocycles. The van der Waals surface area contributed by atoms with Crippen LogP contribution < -0.4 is 10.1 Å². The molecule has 3 rings (SSSR count). The molecule has 2 heterocycles. The van der Waals surface area contributed by atoms with Crippen molar-refractivity contribution in [2.45, 2.75) is 43.6 Å². The Kier molecular flexibility index (Phi) is 4.55. The molecule has 1 N–H and O–H groups in total. The number of ketones is 1. The number of ether oxygens (including phenoxy) is 1. The van der Waals surface area contributed by atoms with Gasteiger partial charge in [0.25, 0.3) is 11.1 Å². The molecule has 1 aromatic heterocycles. The third-order valence-electron chi connectivity index (χ3n) is 3.59. The van der Waals surface area contributed by atoms with Crippen LogP contribution in [0.3, 0.4) is 0 Å². The maximum absolute atomic E-state index is 12.7. The number of Topliss-reactive ketones (excluding diaryl/α,β-unsaturated/α-hetero) is 1. The van der Waals surface area contributed by atoms with E-state index in [1.807, 2.05) is 20.8 Å². The van der Waals surface area contributed by atoms with Gasteiger partial charge in [0.2, 0.25) is 5.89 Å². The van der Waals surface area contributed by atoms with Gasteiger partial charge in [0.15, 0.2) is 12.4 Å². The number of carbonyl (C=O) groups excluding carboxylic acids is 2. The number of carbonyl (C=O) groups is 2. The Morgan fingerprint density at radius 3 is 2.76 bits per heavy atom. The molecule has 0 saturated heterocycles. The van der Waals surface area contributed by atoms with Gasteiger partial charge in [-0.05, 0) is 25.1 Å². The zero-order chi connectivity index (χ0) is 18.2. The predicted octanol–water partition coefficient (Wildman–Crippen LogP) is 3.06. The SMILES string of the molecule is C[C@H](Sc1nnc(C(C)(C)C)o1)C(=O)c1ccc2c(c1)NC(=O)CO2. The first kappa shape index (κ1) is 17.5. The highest BCUT2D eigenvalue weighted by Gasteiger charge is 2.25. The normalized spacial score (nSPS) is 15.1. The number of hydrogen-bond donors (Lipinski definition) is 1. The van der Waals surface area contributed by atoms with Gasteiger partial charge in [0.05, 0.1) is 10.9 Å². The summed E-state index contributed by atoms with van der Waals surface area (Å²) in [4.78, 5) is 24.1. The second kappa shape index (κ2) is 6.51. The van der Waals surface area contributed by atoms with Crippen LogP contribution in [0.15, 0.2) is 27.8 Å². The lowest BCUT2D eigenvalue weighted by molar-refractivity contribution is -0.118. The summed E-state index contributed by atoms with van der Waals surface area (Å²) in [6.45, 7) is 7.70. The molecular weight excluding hydrogens is 342 g/mol. The second-order valence-electron chi connectivity index (χ2n) is 6.80. The van der Waals surface area contributed by atoms with Crippen molar-refractivity contribution < 1.29 is 18.7 Å².